The van der Waals surface area contributed by atoms with Crippen molar-refractivity contribution in [3.63, 3.8) is 0 Å². The highest BCUT2D eigenvalue weighted by Gasteiger charge is 2.18. The number of hydrogen-bond donors (Lipinski definition) is 4. The molecular weight excluding hydrogens is 229 g/mol. The van der Waals surface area contributed by atoms with Gasteiger partial charge in [-0.25, -0.2) is 9.97 Å². The van der Waals surface area contributed by atoms with Crippen molar-refractivity contribution >= 4 is 23.5 Å². The van der Waals surface area contributed by atoms with Crippen LogP contribution in [0.25, 0.3) is 0 Å². The summed E-state index contributed by atoms with van der Waals surface area (Å²) in [6.07, 6.45) is 0. The molecule has 0 radical (unpaired) electrons. The Hall–Kier alpha value is -2.45. The second-order valence-electron chi connectivity index (χ2n) is 3.33. The number of nitrogen functional groups attached to an aromatic ring is 2. The van der Waals surface area contributed by atoms with Crippen LogP contribution in [0.5, 0.6) is 0 Å². The lowest BCUT2D eigenvalue weighted by Crippen LogP contribution is -2.40. The maximum absolute atomic E-state index is 13.0. The lowest BCUT2D eigenvalue weighted by atomic mass is 10.3. The summed E-state index contributed by atoms with van der Waals surface area (Å²) in [5.74, 6) is -2.88. The van der Waals surface area contributed by atoms with Gasteiger partial charge in [0.15, 0.2) is 23.3 Å². The number of carbonyl (C=O) groups excluding carboxylic acids is 1. The van der Waals surface area contributed by atoms with Gasteiger partial charge in [-0.2, -0.15) is 4.39 Å². The molecule has 0 saturated heterocycles. The summed E-state index contributed by atoms with van der Waals surface area (Å²) in [5, 5.41) is 9.54. The Bertz CT molecular complexity index is 473. The number of hydrogen-bond acceptors (Lipinski definition) is 6. The zero-order valence-corrected chi connectivity index (χ0v) is 9.28. The highest BCUT2D eigenvalue weighted by atomic mass is 19.1. The molecule has 1 amide bonds. The van der Waals surface area contributed by atoms with Crippen LogP contribution in [0.2, 0.25) is 0 Å². The van der Waals surface area contributed by atoms with Crippen molar-refractivity contribution in [2.24, 2.45) is 0 Å². The molecule has 6 N–H and O–H groups in total. The van der Waals surface area contributed by atoms with Crippen LogP contribution < -0.4 is 16.8 Å². The molecule has 0 aliphatic heterocycles. The summed E-state index contributed by atoms with van der Waals surface area (Å²) in [7, 11) is 3.11. The van der Waals surface area contributed by atoms with Gasteiger partial charge in [0.25, 0.3) is 11.9 Å². The fraction of sp³-hybridized carbons (Fsp3) is 0.250. The van der Waals surface area contributed by atoms with Crippen LogP contribution >= 0.6 is 0 Å². The van der Waals surface area contributed by atoms with Crippen LogP contribution in [0, 0.1) is 11.4 Å². The van der Waals surface area contributed by atoms with E-state index in [2.05, 4.69) is 15.3 Å². The molecular formula is C8H12FN7O. The molecule has 0 aromatic carbocycles. The Labute approximate surface area is 96.3 Å². The van der Waals surface area contributed by atoms with Crippen LogP contribution in [0.15, 0.2) is 0 Å². The topological polar surface area (TPSA) is 134 Å². The molecule has 17 heavy (non-hydrogen) atoms. The van der Waals surface area contributed by atoms with Crippen molar-refractivity contribution in [3.8, 4) is 0 Å². The van der Waals surface area contributed by atoms with E-state index in [1.54, 1.807) is 14.1 Å². The fourth-order valence-electron chi connectivity index (χ4n) is 0.887. The average Bonchev–Trinajstić information content (AvgIpc) is 2.22. The number of rotatable bonds is 1. The minimum absolute atomic E-state index is 0.187. The maximum atomic E-state index is 13.0. The third kappa shape index (κ3) is 2.77. The van der Waals surface area contributed by atoms with E-state index in [0.717, 1.165) is 0 Å². The summed E-state index contributed by atoms with van der Waals surface area (Å²) in [6.45, 7) is 0. The second kappa shape index (κ2) is 4.60. The lowest BCUT2D eigenvalue weighted by Gasteiger charge is -2.14. The van der Waals surface area contributed by atoms with Crippen molar-refractivity contribution in [2.45, 2.75) is 0 Å². The molecule has 92 valence electrons. The Morgan fingerprint density at radius 2 is 1.94 bits per heavy atom. The highest BCUT2D eigenvalue weighted by molar-refractivity contribution is 6.05. The third-order valence-corrected chi connectivity index (χ3v) is 1.80. The number of nitrogens with two attached hydrogens (primary N) is 2. The number of aromatic nitrogens is 2. The average molecular weight is 241 g/mol. The summed E-state index contributed by atoms with van der Waals surface area (Å²) >= 11 is 0. The van der Waals surface area contributed by atoms with Crippen molar-refractivity contribution < 1.29 is 9.18 Å². The van der Waals surface area contributed by atoms with Gasteiger partial charge in [-0.3, -0.25) is 15.5 Å². The SMILES string of the molecule is CN(C)C(=N)NC(=O)c1nc(F)c(N)nc1N. The molecule has 0 fully saturated rings. The molecule has 8 nitrogen and oxygen atoms in total. The number of carbonyl (C=O) groups is 1. The minimum Gasteiger partial charge on any atom is -0.382 e. The molecule has 0 saturated carbocycles. The molecule has 1 aromatic heterocycles. The van der Waals surface area contributed by atoms with Gasteiger partial charge >= 0.3 is 0 Å². The molecule has 1 rings (SSSR count). The van der Waals surface area contributed by atoms with Gasteiger partial charge in [-0.15, -0.1) is 0 Å². The summed E-state index contributed by atoms with van der Waals surface area (Å²) in [4.78, 5) is 19.6. The van der Waals surface area contributed by atoms with Crippen molar-refractivity contribution in [1.29, 1.82) is 5.41 Å². The Balaban J connectivity index is 2.97. The number of halogens is 1. The molecule has 0 aliphatic carbocycles. The fourth-order valence-corrected chi connectivity index (χ4v) is 0.887. The summed E-state index contributed by atoms with van der Waals surface area (Å²) in [6, 6.07) is 0. The summed E-state index contributed by atoms with van der Waals surface area (Å²) < 4.78 is 13.0. The zero-order valence-electron chi connectivity index (χ0n) is 9.28. The zero-order chi connectivity index (χ0) is 13.2. The first-order valence-corrected chi connectivity index (χ1v) is 4.48. The van der Waals surface area contributed by atoms with Gasteiger partial charge in [0.2, 0.25) is 0 Å². The van der Waals surface area contributed by atoms with E-state index in [1.807, 2.05) is 0 Å². The predicted molar refractivity (Wildman–Crippen MR) is 59.7 cm³/mol. The first-order chi connectivity index (χ1) is 7.82. The van der Waals surface area contributed by atoms with Crippen LogP contribution in [-0.2, 0) is 0 Å². The Kier molecular flexibility index (Phi) is 3.41. The van der Waals surface area contributed by atoms with Crippen LogP contribution in [-0.4, -0.2) is 40.8 Å². The highest BCUT2D eigenvalue weighted by Crippen LogP contribution is 2.11. The quantitative estimate of drug-likeness (QED) is 0.368. The van der Waals surface area contributed by atoms with Crippen LogP contribution in [0.1, 0.15) is 10.5 Å². The van der Waals surface area contributed by atoms with Gasteiger partial charge in [-0.05, 0) is 0 Å². The maximum Gasteiger partial charge on any atom is 0.280 e. The number of amides is 1. The van der Waals surface area contributed by atoms with Crippen LogP contribution in [0.4, 0.5) is 16.0 Å². The van der Waals surface area contributed by atoms with E-state index in [1.165, 1.54) is 4.90 Å². The van der Waals surface area contributed by atoms with Gasteiger partial charge in [0.05, 0.1) is 0 Å². The summed E-state index contributed by atoms with van der Waals surface area (Å²) in [5.41, 5.74) is 10.1. The third-order valence-electron chi connectivity index (χ3n) is 1.80. The smallest absolute Gasteiger partial charge is 0.280 e. The molecule has 0 spiro atoms. The van der Waals surface area contributed by atoms with E-state index in [4.69, 9.17) is 16.9 Å². The molecule has 1 heterocycles. The van der Waals surface area contributed by atoms with E-state index < -0.39 is 23.4 Å². The molecule has 1 aromatic rings. The van der Waals surface area contributed by atoms with Crippen molar-refractivity contribution in [1.82, 2.24) is 20.2 Å². The Morgan fingerprint density at radius 3 is 2.47 bits per heavy atom. The first kappa shape index (κ1) is 12.6. The molecule has 0 unspecified atom stereocenters. The van der Waals surface area contributed by atoms with E-state index >= 15 is 0 Å². The van der Waals surface area contributed by atoms with Crippen molar-refractivity contribution in [2.75, 3.05) is 25.6 Å². The van der Waals surface area contributed by atoms with Gasteiger partial charge < -0.3 is 16.4 Å². The van der Waals surface area contributed by atoms with E-state index in [-0.39, 0.29) is 11.8 Å². The van der Waals surface area contributed by atoms with E-state index in [0.29, 0.717) is 0 Å². The normalized spacial score (nSPS) is 9.82. The molecule has 0 atom stereocenters. The first-order valence-electron chi connectivity index (χ1n) is 4.48. The number of guanidine groups is 1. The molecule has 0 aliphatic rings. The number of anilines is 2. The van der Waals surface area contributed by atoms with Crippen molar-refractivity contribution in [3.05, 3.63) is 11.6 Å². The Morgan fingerprint density at radius 1 is 1.35 bits per heavy atom. The largest absolute Gasteiger partial charge is 0.382 e. The van der Waals surface area contributed by atoms with Crippen LogP contribution in [0.3, 0.4) is 0 Å². The standard InChI is InChI=1S/C8H12FN7O/c1-16(2)8(12)15-7(17)3-5(10)14-6(11)4(9)13-3/h1-2H3,(H4,10,11,14)(H2,12,15,17). The monoisotopic (exact) mass is 241 g/mol. The van der Waals surface area contributed by atoms with Gasteiger partial charge in [-0.1, -0.05) is 0 Å². The minimum atomic E-state index is -1.08. The number of nitrogens with zero attached hydrogens (tertiary/aromatic N) is 3. The molecule has 0 bridgehead atoms. The molecule has 9 heteroatoms. The van der Waals surface area contributed by atoms with E-state index in [9.17, 15) is 9.18 Å². The lowest BCUT2D eigenvalue weighted by molar-refractivity contribution is 0.0968. The number of nitrogens with one attached hydrogen (secondary N) is 2. The predicted octanol–water partition coefficient (Wildman–Crippen LogP) is -0.994. The van der Waals surface area contributed by atoms with Gasteiger partial charge in [0.1, 0.15) is 0 Å². The second-order valence-corrected chi connectivity index (χ2v) is 3.33. The van der Waals surface area contributed by atoms with Gasteiger partial charge in [0, 0.05) is 14.1 Å².